The first-order chi connectivity index (χ1) is 8.18. The van der Waals surface area contributed by atoms with Gasteiger partial charge in [0.05, 0.1) is 0 Å². The van der Waals surface area contributed by atoms with Gasteiger partial charge in [0, 0.05) is 26.2 Å². The summed E-state index contributed by atoms with van der Waals surface area (Å²) in [5, 5.41) is 3.52. The largest absolute Gasteiger partial charge is 0.315 e. The zero-order chi connectivity index (χ0) is 12.5. The minimum atomic E-state index is 1.12. The third-order valence-electron chi connectivity index (χ3n) is 3.51. The zero-order valence-electron chi connectivity index (χ0n) is 11.9. The molecule has 1 aliphatic rings. The molecule has 1 aliphatic heterocycles. The number of likely N-dealkylation sites (N-methyl/N-ethyl adjacent to an activating group) is 3. The molecule has 0 aromatic carbocycles. The molecule has 1 N–H and O–H groups in total. The molecule has 0 atom stereocenters. The van der Waals surface area contributed by atoms with Gasteiger partial charge in [-0.05, 0) is 60.2 Å². The van der Waals surface area contributed by atoms with Gasteiger partial charge in [-0.25, -0.2) is 0 Å². The second-order valence-corrected chi connectivity index (χ2v) is 5.37. The molecule has 1 fully saturated rings. The van der Waals surface area contributed by atoms with Crippen LogP contribution in [-0.4, -0.2) is 88.2 Å². The Morgan fingerprint density at radius 3 is 1.76 bits per heavy atom. The normalized spacial score (nSPS) is 25.6. The highest BCUT2D eigenvalue weighted by molar-refractivity contribution is 4.62. The highest BCUT2D eigenvalue weighted by Gasteiger charge is 2.04. The van der Waals surface area contributed by atoms with Crippen LogP contribution >= 0.6 is 0 Å². The second-order valence-electron chi connectivity index (χ2n) is 5.37. The van der Waals surface area contributed by atoms with Crippen LogP contribution in [0.25, 0.3) is 0 Å². The van der Waals surface area contributed by atoms with E-state index in [4.69, 9.17) is 0 Å². The Hall–Kier alpha value is -0.160. The molecule has 1 saturated heterocycles. The van der Waals surface area contributed by atoms with Gasteiger partial charge in [-0.2, -0.15) is 0 Å². The summed E-state index contributed by atoms with van der Waals surface area (Å²) in [6, 6.07) is 0. The topological polar surface area (TPSA) is 21.8 Å². The van der Waals surface area contributed by atoms with Crippen LogP contribution in [0.5, 0.6) is 0 Å². The van der Waals surface area contributed by atoms with E-state index in [0.717, 1.165) is 13.1 Å². The first kappa shape index (κ1) is 14.9. The first-order valence-electron chi connectivity index (χ1n) is 6.95. The van der Waals surface area contributed by atoms with Gasteiger partial charge in [-0.1, -0.05) is 0 Å². The monoisotopic (exact) mass is 242 g/mol. The van der Waals surface area contributed by atoms with E-state index in [-0.39, 0.29) is 0 Å². The molecular weight excluding hydrogens is 212 g/mol. The Balaban J connectivity index is 2.28. The molecule has 0 radical (unpaired) electrons. The fraction of sp³-hybridized carbons (Fsp3) is 1.00. The average molecular weight is 242 g/mol. The lowest BCUT2D eigenvalue weighted by molar-refractivity contribution is 0.234. The van der Waals surface area contributed by atoms with Crippen molar-refractivity contribution in [2.24, 2.45) is 0 Å². The second kappa shape index (κ2) is 8.86. The molecule has 4 nitrogen and oxygen atoms in total. The molecule has 102 valence electrons. The number of rotatable bonds is 0. The van der Waals surface area contributed by atoms with Crippen LogP contribution in [0, 0.1) is 0 Å². The van der Waals surface area contributed by atoms with Gasteiger partial charge in [0.1, 0.15) is 0 Å². The maximum absolute atomic E-state index is 3.52. The summed E-state index contributed by atoms with van der Waals surface area (Å²) >= 11 is 0. The Morgan fingerprint density at radius 1 is 0.588 bits per heavy atom. The first-order valence-corrected chi connectivity index (χ1v) is 6.95. The molecule has 0 spiro atoms. The van der Waals surface area contributed by atoms with Crippen molar-refractivity contribution in [1.82, 2.24) is 20.0 Å². The third kappa shape index (κ3) is 7.71. The van der Waals surface area contributed by atoms with Gasteiger partial charge in [-0.3, -0.25) is 0 Å². The predicted octanol–water partition coefficient (Wildman–Crippen LogP) is 0.165. The van der Waals surface area contributed by atoms with Crippen molar-refractivity contribution in [2.45, 2.75) is 12.8 Å². The van der Waals surface area contributed by atoms with Crippen LogP contribution in [0.2, 0.25) is 0 Å². The molecule has 1 rings (SSSR count). The molecule has 0 saturated carbocycles. The van der Waals surface area contributed by atoms with E-state index >= 15 is 0 Å². The lowest BCUT2D eigenvalue weighted by atomic mass is 10.3. The fourth-order valence-corrected chi connectivity index (χ4v) is 2.16. The van der Waals surface area contributed by atoms with Crippen LogP contribution < -0.4 is 5.32 Å². The van der Waals surface area contributed by atoms with E-state index in [0.29, 0.717) is 0 Å². The number of hydrogen-bond acceptors (Lipinski definition) is 4. The molecule has 0 amide bonds. The summed E-state index contributed by atoms with van der Waals surface area (Å²) in [5.41, 5.74) is 0. The van der Waals surface area contributed by atoms with Crippen molar-refractivity contribution in [2.75, 3.05) is 73.5 Å². The third-order valence-corrected chi connectivity index (χ3v) is 3.51. The molecule has 1 heterocycles. The standard InChI is InChI=1S/C13H30N4/c1-15-9-5-10-17(3)13-12-16(2)8-4-6-14-7-11-15/h14H,4-13H2,1-3H3. The van der Waals surface area contributed by atoms with Crippen LogP contribution in [0.1, 0.15) is 12.8 Å². The summed E-state index contributed by atoms with van der Waals surface area (Å²) in [4.78, 5) is 7.32. The molecule has 0 aliphatic carbocycles. The van der Waals surface area contributed by atoms with Gasteiger partial charge < -0.3 is 20.0 Å². The van der Waals surface area contributed by atoms with E-state index in [1.807, 2.05) is 0 Å². The van der Waals surface area contributed by atoms with E-state index in [2.05, 4.69) is 41.2 Å². The Kier molecular flexibility index (Phi) is 7.77. The molecule has 4 heteroatoms. The number of nitrogens with zero attached hydrogens (tertiary/aromatic N) is 3. The van der Waals surface area contributed by atoms with Crippen molar-refractivity contribution in [1.29, 1.82) is 0 Å². The molecular formula is C13H30N4. The zero-order valence-corrected chi connectivity index (χ0v) is 11.9. The Morgan fingerprint density at radius 2 is 1.12 bits per heavy atom. The molecule has 0 unspecified atom stereocenters. The van der Waals surface area contributed by atoms with Gasteiger partial charge in [0.2, 0.25) is 0 Å². The predicted molar refractivity (Wildman–Crippen MR) is 74.6 cm³/mol. The molecule has 0 aromatic heterocycles. The minimum Gasteiger partial charge on any atom is -0.315 e. The number of hydrogen-bond donors (Lipinski definition) is 1. The van der Waals surface area contributed by atoms with E-state index in [1.165, 1.54) is 52.1 Å². The Labute approximate surface area is 107 Å². The van der Waals surface area contributed by atoms with Crippen molar-refractivity contribution in [3.63, 3.8) is 0 Å². The summed E-state index contributed by atoms with van der Waals surface area (Å²) < 4.78 is 0. The Bertz CT molecular complexity index is 186. The summed E-state index contributed by atoms with van der Waals surface area (Å²) in [6.07, 6.45) is 2.53. The molecule has 0 bridgehead atoms. The summed E-state index contributed by atoms with van der Waals surface area (Å²) in [7, 11) is 6.69. The van der Waals surface area contributed by atoms with Crippen molar-refractivity contribution >= 4 is 0 Å². The van der Waals surface area contributed by atoms with Crippen molar-refractivity contribution < 1.29 is 0 Å². The molecule has 0 aromatic rings. The van der Waals surface area contributed by atoms with E-state index < -0.39 is 0 Å². The summed E-state index contributed by atoms with van der Waals surface area (Å²) in [5.74, 6) is 0. The van der Waals surface area contributed by atoms with Gasteiger partial charge >= 0.3 is 0 Å². The van der Waals surface area contributed by atoms with Crippen molar-refractivity contribution in [3.05, 3.63) is 0 Å². The summed E-state index contributed by atoms with van der Waals surface area (Å²) in [6.45, 7) is 9.44. The van der Waals surface area contributed by atoms with Crippen LogP contribution in [0.15, 0.2) is 0 Å². The lowest BCUT2D eigenvalue weighted by Gasteiger charge is -2.24. The van der Waals surface area contributed by atoms with E-state index in [1.54, 1.807) is 0 Å². The average Bonchev–Trinajstić information content (AvgIpc) is 2.30. The van der Waals surface area contributed by atoms with E-state index in [9.17, 15) is 0 Å². The number of nitrogens with one attached hydrogen (secondary N) is 1. The quantitative estimate of drug-likeness (QED) is 0.653. The maximum Gasteiger partial charge on any atom is 0.0106 e. The highest BCUT2D eigenvalue weighted by atomic mass is 15.2. The maximum atomic E-state index is 3.52. The van der Waals surface area contributed by atoms with Crippen LogP contribution in [0.4, 0.5) is 0 Å². The fourth-order valence-electron chi connectivity index (χ4n) is 2.16. The van der Waals surface area contributed by atoms with Gasteiger partial charge in [0.25, 0.3) is 0 Å². The van der Waals surface area contributed by atoms with Crippen LogP contribution in [-0.2, 0) is 0 Å². The van der Waals surface area contributed by atoms with Gasteiger partial charge in [-0.15, -0.1) is 0 Å². The van der Waals surface area contributed by atoms with Gasteiger partial charge in [0.15, 0.2) is 0 Å². The molecule has 17 heavy (non-hydrogen) atoms. The minimum absolute atomic E-state index is 1.12. The van der Waals surface area contributed by atoms with Crippen LogP contribution in [0.3, 0.4) is 0 Å². The SMILES string of the molecule is CN1CCCN(C)CCN(C)CCCNCC1. The lowest BCUT2D eigenvalue weighted by Crippen LogP contribution is -2.36. The highest BCUT2D eigenvalue weighted by Crippen LogP contribution is 1.94. The van der Waals surface area contributed by atoms with Crippen molar-refractivity contribution in [3.8, 4) is 0 Å². The smallest absolute Gasteiger partial charge is 0.0106 e.